The first-order valence-corrected chi connectivity index (χ1v) is 11.3. The number of nitrogens with zero attached hydrogens (tertiary/aromatic N) is 2. The van der Waals surface area contributed by atoms with Crippen LogP contribution in [0.2, 0.25) is 0 Å². The number of nitrogens with one attached hydrogen (secondary N) is 1. The van der Waals surface area contributed by atoms with Gasteiger partial charge in [-0.3, -0.25) is 0 Å². The second-order valence-corrected chi connectivity index (χ2v) is 8.59. The first-order chi connectivity index (χ1) is 16.6. The van der Waals surface area contributed by atoms with Crippen LogP contribution in [-0.2, 0) is 10.9 Å². The normalized spacial score (nSPS) is 17.9. The molecule has 3 aromatic rings. The SMILES string of the molecule is COc1cc2nc(C)nc(N[C@H](C)c3cccc(C(F)(F)F)c3F)c2cc1OC(C)[C@@H]1CCCO1. The van der Waals surface area contributed by atoms with Gasteiger partial charge in [-0.1, -0.05) is 12.1 Å². The second-order valence-electron chi connectivity index (χ2n) is 8.59. The van der Waals surface area contributed by atoms with Crippen molar-refractivity contribution in [3.63, 3.8) is 0 Å². The van der Waals surface area contributed by atoms with E-state index in [0.717, 1.165) is 18.9 Å². The predicted molar refractivity (Wildman–Crippen MR) is 123 cm³/mol. The van der Waals surface area contributed by atoms with Crippen LogP contribution in [0.3, 0.4) is 0 Å². The molecule has 1 fully saturated rings. The third-order valence-corrected chi connectivity index (χ3v) is 6.05. The van der Waals surface area contributed by atoms with E-state index in [-0.39, 0.29) is 17.8 Å². The van der Waals surface area contributed by atoms with Gasteiger partial charge in [0.25, 0.3) is 0 Å². The highest BCUT2D eigenvalue weighted by atomic mass is 19.4. The topological polar surface area (TPSA) is 65.5 Å². The lowest BCUT2D eigenvalue weighted by atomic mass is 10.0. The van der Waals surface area contributed by atoms with Gasteiger partial charge in [0, 0.05) is 23.6 Å². The van der Waals surface area contributed by atoms with Crippen molar-refractivity contribution >= 4 is 16.7 Å². The lowest BCUT2D eigenvalue weighted by Crippen LogP contribution is -2.28. The maximum absolute atomic E-state index is 14.7. The first-order valence-electron chi connectivity index (χ1n) is 11.3. The molecule has 0 radical (unpaired) electrons. The molecule has 2 aromatic carbocycles. The molecule has 0 spiro atoms. The van der Waals surface area contributed by atoms with E-state index in [2.05, 4.69) is 15.3 Å². The molecule has 0 amide bonds. The van der Waals surface area contributed by atoms with E-state index < -0.39 is 23.6 Å². The Morgan fingerprint density at radius 2 is 1.91 bits per heavy atom. The fourth-order valence-electron chi connectivity index (χ4n) is 4.25. The van der Waals surface area contributed by atoms with E-state index >= 15 is 0 Å². The van der Waals surface area contributed by atoms with Crippen LogP contribution >= 0.6 is 0 Å². The summed E-state index contributed by atoms with van der Waals surface area (Å²) < 4.78 is 71.7. The van der Waals surface area contributed by atoms with Crippen LogP contribution in [0.15, 0.2) is 30.3 Å². The number of halogens is 4. The van der Waals surface area contributed by atoms with Crippen molar-refractivity contribution in [3.05, 3.63) is 53.1 Å². The first kappa shape index (κ1) is 25.0. The Hall–Kier alpha value is -3.14. The summed E-state index contributed by atoms with van der Waals surface area (Å²) in [7, 11) is 1.52. The zero-order valence-corrected chi connectivity index (χ0v) is 19.9. The summed E-state index contributed by atoms with van der Waals surface area (Å²) in [5.74, 6) is 0.389. The highest BCUT2D eigenvalue weighted by molar-refractivity contribution is 5.92. The Labute approximate surface area is 200 Å². The third-order valence-electron chi connectivity index (χ3n) is 6.05. The van der Waals surface area contributed by atoms with Crippen LogP contribution in [0.4, 0.5) is 23.4 Å². The second kappa shape index (κ2) is 9.85. The number of aromatic nitrogens is 2. The lowest BCUT2D eigenvalue weighted by molar-refractivity contribution is -0.140. The molecule has 1 N–H and O–H groups in total. The summed E-state index contributed by atoms with van der Waals surface area (Å²) in [4.78, 5) is 8.89. The van der Waals surface area contributed by atoms with Gasteiger partial charge in [0.2, 0.25) is 0 Å². The molecule has 10 heteroatoms. The molecule has 0 bridgehead atoms. The number of anilines is 1. The molecule has 1 saturated heterocycles. The summed E-state index contributed by atoms with van der Waals surface area (Å²) in [5.41, 5.74) is -0.886. The summed E-state index contributed by atoms with van der Waals surface area (Å²) in [6, 6.07) is 5.85. The van der Waals surface area contributed by atoms with Gasteiger partial charge in [-0.2, -0.15) is 13.2 Å². The van der Waals surface area contributed by atoms with Gasteiger partial charge in [0.15, 0.2) is 11.5 Å². The summed E-state index contributed by atoms with van der Waals surface area (Å²) in [6.07, 6.45) is -3.19. The maximum atomic E-state index is 14.7. The molecule has 6 nitrogen and oxygen atoms in total. The van der Waals surface area contributed by atoms with Gasteiger partial charge < -0.3 is 19.5 Å². The van der Waals surface area contributed by atoms with Gasteiger partial charge in [0.1, 0.15) is 23.6 Å². The Balaban J connectivity index is 1.71. The molecule has 188 valence electrons. The number of methoxy groups -OCH3 is 1. The molecule has 1 unspecified atom stereocenters. The van der Waals surface area contributed by atoms with Gasteiger partial charge in [0.05, 0.1) is 30.3 Å². The maximum Gasteiger partial charge on any atom is 0.419 e. The quantitative estimate of drug-likeness (QED) is 0.394. The number of aryl methyl sites for hydroxylation is 1. The Bertz CT molecular complexity index is 1210. The monoisotopic (exact) mass is 493 g/mol. The van der Waals surface area contributed by atoms with E-state index in [9.17, 15) is 17.6 Å². The van der Waals surface area contributed by atoms with Crippen LogP contribution in [0.1, 0.15) is 49.7 Å². The lowest BCUT2D eigenvalue weighted by Gasteiger charge is -2.23. The number of ether oxygens (including phenoxy) is 3. The zero-order chi connectivity index (χ0) is 25.3. The van der Waals surface area contributed by atoms with E-state index in [0.29, 0.717) is 40.7 Å². The Morgan fingerprint density at radius 3 is 2.57 bits per heavy atom. The van der Waals surface area contributed by atoms with Gasteiger partial charge in [-0.25, -0.2) is 14.4 Å². The number of hydrogen-bond donors (Lipinski definition) is 1. The largest absolute Gasteiger partial charge is 0.493 e. The van der Waals surface area contributed by atoms with Crippen LogP contribution in [0, 0.1) is 12.7 Å². The minimum Gasteiger partial charge on any atom is -0.493 e. The van der Waals surface area contributed by atoms with E-state index in [1.807, 2.05) is 6.92 Å². The van der Waals surface area contributed by atoms with E-state index in [1.54, 1.807) is 26.0 Å². The fourth-order valence-corrected chi connectivity index (χ4v) is 4.25. The number of fused-ring (bicyclic) bond motifs is 1. The molecular formula is C25H27F4N3O3. The summed E-state index contributed by atoms with van der Waals surface area (Å²) in [6.45, 7) is 5.88. The van der Waals surface area contributed by atoms with Crippen LogP contribution in [0.5, 0.6) is 11.5 Å². The molecule has 4 rings (SSSR count). The summed E-state index contributed by atoms with van der Waals surface area (Å²) >= 11 is 0. The molecule has 35 heavy (non-hydrogen) atoms. The van der Waals surface area contributed by atoms with Crippen molar-refractivity contribution in [1.82, 2.24) is 9.97 Å². The number of hydrogen-bond acceptors (Lipinski definition) is 6. The zero-order valence-electron chi connectivity index (χ0n) is 19.9. The van der Waals surface area contributed by atoms with Gasteiger partial charge in [-0.05, 0) is 45.7 Å². The molecule has 1 aliphatic heterocycles. The molecule has 1 aromatic heterocycles. The molecular weight excluding hydrogens is 466 g/mol. The fraction of sp³-hybridized carbons (Fsp3) is 0.440. The van der Waals surface area contributed by atoms with Gasteiger partial charge in [-0.15, -0.1) is 0 Å². The summed E-state index contributed by atoms with van der Waals surface area (Å²) in [5, 5.41) is 3.62. The average molecular weight is 494 g/mol. The number of rotatable bonds is 7. The molecule has 2 heterocycles. The van der Waals surface area contributed by atoms with E-state index in [4.69, 9.17) is 14.2 Å². The third kappa shape index (κ3) is 5.27. The highest BCUT2D eigenvalue weighted by Crippen LogP contribution is 2.38. The molecule has 0 aliphatic carbocycles. The predicted octanol–water partition coefficient (Wildman–Crippen LogP) is 6.22. The van der Waals surface area contributed by atoms with Crippen molar-refractivity contribution in [2.24, 2.45) is 0 Å². The van der Waals surface area contributed by atoms with Crippen molar-refractivity contribution in [2.45, 2.75) is 58.0 Å². The number of alkyl halides is 3. The Kier molecular flexibility index (Phi) is 7.02. The van der Waals surface area contributed by atoms with Crippen molar-refractivity contribution in [3.8, 4) is 11.5 Å². The Morgan fingerprint density at radius 1 is 1.14 bits per heavy atom. The highest BCUT2D eigenvalue weighted by Gasteiger charge is 2.35. The van der Waals surface area contributed by atoms with Crippen molar-refractivity contribution in [2.75, 3.05) is 19.0 Å². The minimum atomic E-state index is -4.79. The van der Waals surface area contributed by atoms with Crippen LogP contribution < -0.4 is 14.8 Å². The van der Waals surface area contributed by atoms with Crippen LogP contribution in [-0.4, -0.2) is 35.9 Å². The molecule has 1 aliphatic rings. The van der Waals surface area contributed by atoms with Gasteiger partial charge >= 0.3 is 6.18 Å². The van der Waals surface area contributed by atoms with Crippen LogP contribution in [0.25, 0.3) is 10.9 Å². The van der Waals surface area contributed by atoms with Crippen molar-refractivity contribution in [1.29, 1.82) is 0 Å². The molecule has 0 saturated carbocycles. The minimum absolute atomic E-state index is 0.0360. The van der Waals surface area contributed by atoms with E-state index in [1.165, 1.54) is 19.2 Å². The number of benzene rings is 2. The average Bonchev–Trinajstić information content (AvgIpc) is 3.33. The standard InChI is InChI=1S/C25H27F4N3O3/c1-13(16-7-5-8-18(23(16)26)25(27,28)29)30-24-17-11-22(35-14(2)20-9-6-10-34-20)21(33-4)12-19(17)31-15(3)32-24/h5,7-8,11-14,20H,6,9-10H2,1-4H3,(H,30,31,32)/t13-,14?,20+/m1/s1. The smallest absolute Gasteiger partial charge is 0.419 e. The van der Waals surface area contributed by atoms with Crippen molar-refractivity contribution < 1.29 is 31.8 Å². The molecule has 3 atom stereocenters.